The minimum atomic E-state index is -0.125. The number of aryl methyl sites for hydroxylation is 1. The van der Waals surface area contributed by atoms with Gasteiger partial charge in [0.2, 0.25) is 5.95 Å². The second-order valence-electron chi connectivity index (χ2n) is 8.04. The van der Waals surface area contributed by atoms with Gasteiger partial charge in [0.15, 0.2) is 5.65 Å². The van der Waals surface area contributed by atoms with E-state index < -0.39 is 0 Å². The van der Waals surface area contributed by atoms with E-state index in [0.29, 0.717) is 10.6 Å². The summed E-state index contributed by atoms with van der Waals surface area (Å²) in [5, 5.41) is 19.1. The molecular weight excluding hydrogens is 464 g/mol. The van der Waals surface area contributed by atoms with Crippen LogP contribution < -0.4 is 11.1 Å². The molecule has 4 aromatic rings. The first-order chi connectivity index (χ1) is 14.4. The molecule has 1 saturated carbocycles. The van der Waals surface area contributed by atoms with Crippen LogP contribution in [0, 0.1) is 6.92 Å². The molecule has 3 aromatic heterocycles. The molecular formula is C20H21BrN8S. The average Bonchev–Trinajstić information content (AvgIpc) is 3.39. The highest BCUT2D eigenvalue weighted by Gasteiger charge is 2.31. The van der Waals surface area contributed by atoms with Crippen molar-refractivity contribution in [3.8, 4) is 16.3 Å². The van der Waals surface area contributed by atoms with Gasteiger partial charge in [-0.1, -0.05) is 11.3 Å². The van der Waals surface area contributed by atoms with Crippen LogP contribution in [-0.2, 0) is 0 Å². The summed E-state index contributed by atoms with van der Waals surface area (Å²) in [5.41, 5.74) is 8.82. The zero-order chi connectivity index (χ0) is 20.9. The maximum Gasteiger partial charge on any atom is 0.224 e. The van der Waals surface area contributed by atoms with Crippen LogP contribution in [0.5, 0.6) is 0 Å². The molecule has 1 aliphatic rings. The normalized spacial score (nSPS) is 21.4. The van der Waals surface area contributed by atoms with Gasteiger partial charge >= 0.3 is 0 Å². The van der Waals surface area contributed by atoms with Crippen LogP contribution in [0.4, 0.5) is 5.95 Å². The largest absolute Gasteiger partial charge is 0.351 e. The lowest BCUT2D eigenvalue weighted by Gasteiger charge is -2.18. The Morgan fingerprint density at radius 1 is 1.27 bits per heavy atom. The van der Waals surface area contributed by atoms with Crippen molar-refractivity contribution in [2.75, 3.05) is 5.32 Å². The summed E-state index contributed by atoms with van der Waals surface area (Å²) < 4.78 is 2.53. The quantitative estimate of drug-likeness (QED) is 0.448. The predicted octanol–water partition coefficient (Wildman–Crippen LogP) is 4.09. The summed E-state index contributed by atoms with van der Waals surface area (Å²) in [4.78, 5) is 9.24. The molecule has 0 aliphatic heterocycles. The van der Waals surface area contributed by atoms with Crippen molar-refractivity contribution in [3.63, 3.8) is 0 Å². The molecule has 0 unspecified atom stereocenters. The molecule has 0 spiro atoms. The van der Waals surface area contributed by atoms with Crippen molar-refractivity contribution >= 4 is 44.2 Å². The molecule has 0 saturated heterocycles. The van der Waals surface area contributed by atoms with E-state index in [-0.39, 0.29) is 11.6 Å². The van der Waals surface area contributed by atoms with Gasteiger partial charge in [-0.15, -0.1) is 10.2 Å². The first-order valence-corrected chi connectivity index (χ1v) is 11.4. The standard InChI is InChI=1S/C20H21BrN8S/c1-11-26-27-18(30-11)12-3-5-14(6-4-12)29-17-15(16(21)28-29)10-23-19(25-17)24-13-7-8-20(2,22)9-13/h3-6,10,13H,7-9,22H2,1-2H3,(H,23,24,25)/t13-,20-/m1/s1. The van der Waals surface area contributed by atoms with Crippen molar-refractivity contribution in [2.45, 2.75) is 44.7 Å². The van der Waals surface area contributed by atoms with E-state index in [9.17, 15) is 0 Å². The van der Waals surface area contributed by atoms with Gasteiger partial charge in [0.05, 0.1) is 11.1 Å². The van der Waals surface area contributed by atoms with E-state index >= 15 is 0 Å². The van der Waals surface area contributed by atoms with Gasteiger partial charge in [-0.25, -0.2) is 9.67 Å². The van der Waals surface area contributed by atoms with Crippen LogP contribution in [0.15, 0.2) is 35.1 Å². The van der Waals surface area contributed by atoms with Crippen LogP contribution in [0.1, 0.15) is 31.2 Å². The summed E-state index contributed by atoms with van der Waals surface area (Å²) in [5.74, 6) is 0.597. The average molecular weight is 485 g/mol. The first kappa shape index (κ1) is 19.5. The van der Waals surface area contributed by atoms with Gasteiger partial charge in [-0.2, -0.15) is 10.1 Å². The van der Waals surface area contributed by atoms with Gasteiger partial charge in [0.25, 0.3) is 0 Å². The second-order valence-corrected chi connectivity index (χ2v) is 9.98. The highest BCUT2D eigenvalue weighted by Crippen LogP contribution is 2.30. The summed E-state index contributed by atoms with van der Waals surface area (Å²) in [7, 11) is 0. The van der Waals surface area contributed by atoms with Crippen LogP contribution in [0.2, 0.25) is 0 Å². The SMILES string of the molecule is Cc1nnc(-c2ccc(-n3nc(Br)c4cnc(N[C@@H]5CC[C@@](C)(N)C5)nc43)cc2)s1. The van der Waals surface area contributed by atoms with Crippen LogP contribution >= 0.6 is 27.3 Å². The zero-order valence-electron chi connectivity index (χ0n) is 16.6. The number of nitrogens with zero attached hydrogens (tertiary/aromatic N) is 6. The Hall–Kier alpha value is -2.43. The number of rotatable bonds is 4. The molecule has 5 rings (SSSR count). The summed E-state index contributed by atoms with van der Waals surface area (Å²) in [6, 6.07) is 8.36. The van der Waals surface area contributed by atoms with Crippen molar-refractivity contribution in [3.05, 3.63) is 40.1 Å². The monoisotopic (exact) mass is 484 g/mol. The number of fused-ring (bicyclic) bond motifs is 1. The lowest BCUT2D eigenvalue weighted by Crippen LogP contribution is -2.34. The fourth-order valence-corrected chi connectivity index (χ4v) is 4.99. The highest BCUT2D eigenvalue weighted by molar-refractivity contribution is 9.10. The van der Waals surface area contributed by atoms with Crippen LogP contribution in [0.3, 0.4) is 0 Å². The lowest BCUT2D eigenvalue weighted by atomic mass is 10.0. The van der Waals surface area contributed by atoms with E-state index in [1.807, 2.05) is 35.9 Å². The van der Waals surface area contributed by atoms with Crippen molar-refractivity contribution in [1.82, 2.24) is 29.9 Å². The van der Waals surface area contributed by atoms with E-state index in [2.05, 4.69) is 48.5 Å². The third kappa shape index (κ3) is 3.70. The molecule has 1 aromatic carbocycles. The number of benzene rings is 1. The molecule has 1 aliphatic carbocycles. The predicted molar refractivity (Wildman–Crippen MR) is 122 cm³/mol. The Labute approximate surface area is 186 Å². The number of aromatic nitrogens is 6. The molecule has 10 heteroatoms. The maximum absolute atomic E-state index is 6.26. The number of hydrogen-bond acceptors (Lipinski definition) is 8. The van der Waals surface area contributed by atoms with Crippen molar-refractivity contribution in [2.24, 2.45) is 5.73 Å². The molecule has 30 heavy (non-hydrogen) atoms. The molecule has 1 fully saturated rings. The third-order valence-corrected chi connectivity index (χ3v) is 6.85. The summed E-state index contributed by atoms with van der Waals surface area (Å²) in [6.45, 7) is 4.05. The van der Waals surface area contributed by atoms with Crippen molar-refractivity contribution in [1.29, 1.82) is 0 Å². The highest BCUT2D eigenvalue weighted by atomic mass is 79.9. The number of nitrogens with one attached hydrogen (secondary N) is 1. The molecule has 0 bridgehead atoms. The minimum Gasteiger partial charge on any atom is -0.351 e. The fraction of sp³-hybridized carbons (Fsp3) is 0.350. The zero-order valence-corrected chi connectivity index (χ0v) is 19.0. The van der Waals surface area contributed by atoms with E-state index in [0.717, 1.165) is 51.6 Å². The molecule has 154 valence electrons. The molecule has 0 radical (unpaired) electrons. The minimum absolute atomic E-state index is 0.125. The maximum atomic E-state index is 6.26. The topological polar surface area (TPSA) is 107 Å². The first-order valence-electron chi connectivity index (χ1n) is 9.76. The Morgan fingerprint density at radius 2 is 2.07 bits per heavy atom. The molecule has 2 atom stereocenters. The van der Waals surface area contributed by atoms with Crippen LogP contribution in [-0.4, -0.2) is 41.5 Å². The summed E-state index contributed by atoms with van der Waals surface area (Å²) >= 11 is 5.11. The lowest BCUT2D eigenvalue weighted by molar-refractivity contribution is 0.482. The number of nitrogens with two attached hydrogens (primary N) is 1. The van der Waals surface area contributed by atoms with Gasteiger partial charge in [0, 0.05) is 23.3 Å². The second kappa shape index (κ2) is 7.36. The molecule has 3 N–H and O–H groups in total. The van der Waals surface area contributed by atoms with Gasteiger partial charge in [-0.05, 0) is 73.3 Å². The number of halogens is 1. The Morgan fingerprint density at radius 3 is 2.73 bits per heavy atom. The number of anilines is 1. The smallest absolute Gasteiger partial charge is 0.224 e. The summed E-state index contributed by atoms with van der Waals surface area (Å²) in [6.07, 6.45) is 4.72. The molecule has 3 heterocycles. The Bertz CT molecular complexity index is 1210. The Kier molecular flexibility index (Phi) is 4.79. The van der Waals surface area contributed by atoms with Gasteiger partial charge in [-0.3, -0.25) is 0 Å². The Balaban J connectivity index is 1.46. The van der Waals surface area contributed by atoms with E-state index in [4.69, 9.17) is 10.7 Å². The van der Waals surface area contributed by atoms with Crippen molar-refractivity contribution < 1.29 is 0 Å². The van der Waals surface area contributed by atoms with Gasteiger partial charge < -0.3 is 11.1 Å². The molecule has 0 amide bonds. The van der Waals surface area contributed by atoms with E-state index in [1.54, 1.807) is 17.5 Å². The molecule has 8 nitrogen and oxygen atoms in total. The number of hydrogen-bond donors (Lipinski definition) is 2. The van der Waals surface area contributed by atoms with E-state index in [1.165, 1.54) is 0 Å². The third-order valence-electron chi connectivity index (χ3n) is 5.37. The van der Waals surface area contributed by atoms with Gasteiger partial charge in [0.1, 0.15) is 14.6 Å². The van der Waals surface area contributed by atoms with Crippen LogP contribution in [0.25, 0.3) is 27.3 Å². The fourth-order valence-electron chi connectivity index (χ4n) is 3.85.